The van der Waals surface area contributed by atoms with Crippen LogP contribution in [0.15, 0.2) is 41.3 Å². The molecule has 1 fully saturated rings. The molecule has 164 valence electrons. The van der Waals surface area contributed by atoms with Gasteiger partial charge in [-0.3, -0.25) is 4.79 Å². The molecule has 1 amide bonds. The Labute approximate surface area is 184 Å². The van der Waals surface area contributed by atoms with Crippen LogP contribution in [-0.4, -0.2) is 50.4 Å². The summed E-state index contributed by atoms with van der Waals surface area (Å²) in [6.45, 7) is 2.20. The van der Waals surface area contributed by atoms with Gasteiger partial charge >= 0.3 is 0 Å². The molecule has 0 spiro atoms. The average Bonchev–Trinajstić information content (AvgIpc) is 3.39. The number of aryl methyl sites for hydroxylation is 1. The van der Waals surface area contributed by atoms with Gasteiger partial charge in [-0.05, 0) is 31.9 Å². The first-order chi connectivity index (χ1) is 14.8. The number of thiazole rings is 1. The number of nitrogens with zero attached hydrogens (tertiary/aromatic N) is 2. The average molecular weight is 462 g/mol. The van der Waals surface area contributed by atoms with Crippen LogP contribution in [0.2, 0.25) is 0 Å². The Morgan fingerprint density at radius 2 is 1.84 bits per heavy atom. The number of amides is 1. The minimum Gasteiger partial charge on any atom is -0.493 e. The summed E-state index contributed by atoms with van der Waals surface area (Å²) in [5.41, 5.74) is 1.63. The van der Waals surface area contributed by atoms with Gasteiger partial charge < -0.3 is 14.8 Å². The number of fused-ring (bicyclic) bond motifs is 1. The monoisotopic (exact) mass is 461 g/mol. The number of anilines is 1. The van der Waals surface area contributed by atoms with Crippen molar-refractivity contribution in [3.05, 3.63) is 42.0 Å². The number of aromatic nitrogens is 1. The molecule has 10 heteroatoms. The SMILES string of the molecule is COc1cc2nc(NC(=O)C3CCCN3S(=O)(=O)c3ccc(C)cc3)sc2cc1OC. The normalized spacial score (nSPS) is 17.1. The van der Waals surface area contributed by atoms with Gasteiger partial charge in [-0.2, -0.15) is 4.31 Å². The fourth-order valence-electron chi connectivity index (χ4n) is 3.63. The second-order valence-electron chi connectivity index (χ2n) is 7.27. The number of nitrogens with one attached hydrogen (secondary N) is 1. The van der Waals surface area contributed by atoms with Crippen LogP contribution in [0.1, 0.15) is 18.4 Å². The molecule has 4 rings (SSSR count). The number of benzene rings is 2. The second-order valence-corrected chi connectivity index (χ2v) is 10.2. The Hall–Kier alpha value is -2.69. The largest absolute Gasteiger partial charge is 0.493 e. The lowest BCUT2D eigenvalue weighted by molar-refractivity contribution is -0.119. The van der Waals surface area contributed by atoms with Crippen molar-refractivity contribution < 1.29 is 22.7 Å². The van der Waals surface area contributed by atoms with Crippen molar-refractivity contribution in [1.82, 2.24) is 9.29 Å². The van der Waals surface area contributed by atoms with Crippen molar-refractivity contribution in [2.75, 3.05) is 26.1 Å². The Kier molecular flexibility index (Phi) is 5.87. The molecular formula is C21H23N3O5S2. The fraction of sp³-hybridized carbons (Fsp3) is 0.333. The predicted molar refractivity (Wildman–Crippen MR) is 119 cm³/mol. The van der Waals surface area contributed by atoms with Crippen LogP contribution >= 0.6 is 11.3 Å². The third-order valence-electron chi connectivity index (χ3n) is 5.26. The summed E-state index contributed by atoms with van der Waals surface area (Å²) >= 11 is 1.29. The zero-order valence-electron chi connectivity index (χ0n) is 17.4. The predicted octanol–water partition coefficient (Wildman–Crippen LogP) is 3.41. The van der Waals surface area contributed by atoms with E-state index in [2.05, 4.69) is 10.3 Å². The highest BCUT2D eigenvalue weighted by Crippen LogP contribution is 2.36. The van der Waals surface area contributed by atoms with Gasteiger partial charge in [0.2, 0.25) is 15.9 Å². The number of hydrogen-bond acceptors (Lipinski definition) is 7. The van der Waals surface area contributed by atoms with Gasteiger partial charge in [-0.15, -0.1) is 0 Å². The zero-order chi connectivity index (χ0) is 22.2. The molecule has 1 aliphatic heterocycles. The number of carbonyl (C=O) groups is 1. The third kappa shape index (κ3) is 4.10. The summed E-state index contributed by atoms with van der Waals surface area (Å²) in [4.78, 5) is 17.6. The zero-order valence-corrected chi connectivity index (χ0v) is 19.0. The summed E-state index contributed by atoms with van der Waals surface area (Å²) in [5, 5.41) is 3.19. The van der Waals surface area contributed by atoms with Crippen molar-refractivity contribution in [1.29, 1.82) is 0 Å². The maximum absolute atomic E-state index is 13.1. The Morgan fingerprint density at radius 1 is 1.16 bits per heavy atom. The first-order valence-electron chi connectivity index (χ1n) is 9.75. The van der Waals surface area contributed by atoms with E-state index in [1.165, 1.54) is 15.6 Å². The lowest BCUT2D eigenvalue weighted by Gasteiger charge is -2.23. The highest BCUT2D eigenvalue weighted by Gasteiger charge is 2.39. The molecule has 1 aliphatic rings. The summed E-state index contributed by atoms with van der Waals surface area (Å²) in [6, 6.07) is 9.42. The molecule has 31 heavy (non-hydrogen) atoms. The summed E-state index contributed by atoms with van der Waals surface area (Å²) in [6.07, 6.45) is 1.08. The first kappa shape index (κ1) is 21.5. The number of methoxy groups -OCH3 is 2. The topological polar surface area (TPSA) is 97.8 Å². The van der Waals surface area contributed by atoms with Crippen molar-refractivity contribution in [2.45, 2.75) is 30.7 Å². The molecule has 0 radical (unpaired) electrons. The van der Waals surface area contributed by atoms with E-state index < -0.39 is 16.1 Å². The lowest BCUT2D eigenvalue weighted by Crippen LogP contribution is -2.43. The van der Waals surface area contributed by atoms with Gasteiger partial charge in [-0.25, -0.2) is 13.4 Å². The van der Waals surface area contributed by atoms with Crippen LogP contribution in [0.3, 0.4) is 0 Å². The van der Waals surface area contributed by atoms with Crippen LogP contribution < -0.4 is 14.8 Å². The minimum absolute atomic E-state index is 0.192. The molecule has 2 heterocycles. The van der Waals surface area contributed by atoms with Crippen molar-refractivity contribution in [3.63, 3.8) is 0 Å². The molecule has 0 saturated carbocycles. The number of carbonyl (C=O) groups excluding carboxylic acids is 1. The quantitative estimate of drug-likeness (QED) is 0.604. The lowest BCUT2D eigenvalue weighted by atomic mass is 10.2. The summed E-state index contributed by atoms with van der Waals surface area (Å²) in [5.74, 6) is 0.734. The Bertz CT molecular complexity index is 1180. The van der Waals surface area contributed by atoms with E-state index in [-0.39, 0.29) is 10.8 Å². The number of rotatable bonds is 6. The van der Waals surface area contributed by atoms with E-state index in [1.807, 2.05) is 6.92 Å². The summed E-state index contributed by atoms with van der Waals surface area (Å²) < 4.78 is 38.9. The molecule has 3 aromatic rings. The molecule has 1 unspecified atom stereocenters. The summed E-state index contributed by atoms with van der Waals surface area (Å²) in [7, 11) is -0.666. The minimum atomic E-state index is -3.76. The molecule has 0 aliphatic carbocycles. The van der Waals surface area contributed by atoms with E-state index >= 15 is 0 Å². The molecule has 1 N–H and O–H groups in total. The van der Waals surface area contributed by atoms with Gasteiger partial charge in [0.25, 0.3) is 0 Å². The smallest absolute Gasteiger partial charge is 0.244 e. The maximum Gasteiger partial charge on any atom is 0.244 e. The number of hydrogen-bond donors (Lipinski definition) is 1. The second kappa shape index (κ2) is 8.45. The van der Waals surface area contributed by atoms with E-state index in [4.69, 9.17) is 9.47 Å². The number of ether oxygens (including phenoxy) is 2. The van der Waals surface area contributed by atoms with Crippen molar-refractivity contribution in [3.8, 4) is 11.5 Å². The molecule has 2 aromatic carbocycles. The van der Waals surface area contributed by atoms with E-state index in [1.54, 1.807) is 50.6 Å². The standard InChI is InChI=1S/C21H23N3O5S2/c1-13-6-8-14(9-7-13)31(26,27)24-10-4-5-16(24)20(25)23-21-22-15-11-17(28-2)18(29-3)12-19(15)30-21/h6-9,11-12,16H,4-5,10H2,1-3H3,(H,22,23,25). The highest BCUT2D eigenvalue weighted by molar-refractivity contribution is 7.89. The van der Waals surface area contributed by atoms with Crippen LogP contribution in [0, 0.1) is 6.92 Å². The van der Waals surface area contributed by atoms with Gasteiger partial charge in [-0.1, -0.05) is 29.0 Å². The third-order valence-corrected chi connectivity index (χ3v) is 8.11. The molecule has 1 saturated heterocycles. The van der Waals surface area contributed by atoms with Gasteiger partial charge in [0.1, 0.15) is 6.04 Å². The Balaban J connectivity index is 1.57. The van der Waals surface area contributed by atoms with Gasteiger partial charge in [0, 0.05) is 18.7 Å². The van der Waals surface area contributed by atoms with Crippen molar-refractivity contribution >= 4 is 42.6 Å². The van der Waals surface area contributed by atoms with Crippen molar-refractivity contribution in [2.24, 2.45) is 0 Å². The molecule has 1 aromatic heterocycles. The highest BCUT2D eigenvalue weighted by atomic mass is 32.2. The van der Waals surface area contributed by atoms with E-state index in [9.17, 15) is 13.2 Å². The number of sulfonamides is 1. The molecular weight excluding hydrogens is 438 g/mol. The van der Waals surface area contributed by atoms with Crippen LogP contribution in [0.4, 0.5) is 5.13 Å². The fourth-order valence-corrected chi connectivity index (χ4v) is 6.17. The van der Waals surface area contributed by atoms with Gasteiger partial charge in [0.05, 0.1) is 29.3 Å². The van der Waals surface area contributed by atoms with Crippen LogP contribution in [0.5, 0.6) is 11.5 Å². The van der Waals surface area contributed by atoms with E-state index in [0.29, 0.717) is 41.5 Å². The molecule has 8 nitrogen and oxygen atoms in total. The van der Waals surface area contributed by atoms with Crippen LogP contribution in [0.25, 0.3) is 10.2 Å². The van der Waals surface area contributed by atoms with Gasteiger partial charge in [0.15, 0.2) is 16.6 Å². The molecule has 1 atom stereocenters. The molecule has 0 bridgehead atoms. The maximum atomic E-state index is 13.1. The van der Waals surface area contributed by atoms with Crippen LogP contribution in [-0.2, 0) is 14.8 Å². The van der Waals surface area contributed by atoms with E-state index in [0.717, 1.165) is 10.3 Å². The Morgan fingerprint density at radius 3 is 2.52 bits per heavy atom. The first-order valence-corrected chi connectivity index (χ1v) is 12.0.